The average molecular weight is 827 g/mol. The number of hydrogen-bond acceptors (Lipinski definition) is 8. The molecule has 16 heteroatoms. The van der Waals surface area contributed by atoms with Crippen LogP contribution >= 0.6 is 0 Å². The molecule has 3 saturated heterocycles. The van der Waals surface area contributed by atoms with Crippen LogP contribution < -0.4 is 21.2 Å². The van der Waals surface area contributed by atoms with Crippen molar-refractivity contribution in [3.8, 4) is 5.75 Å². The van der Waals surface area contributed by atoms with Crippen molar-refractivity contribution in [2.75, 3.05) is 44.2 Å². The Morgan fingerprint density at radius 1 is 0.917 bits per heavy atom. The lowest BCUT2D eigenvalue weighted by Crippen LogP contribution is -2.44. The van der Waals surface area contributed by atoms with Crippen LogP contribution in [0.15, 0.2) is 53.5 Å². The number of hydrogen-bond donors (Lipinski definition) is 3. The van der Waals surface area contributed by atoms with Crippen molar-refractivity contribution in [1.82, 2.24) is 34.4 Å². The molecule has 1 aliphatic carbocycles. The fourth-order valence-corrected chi connectivity index (χ4v) is 10.1. The zero-order chi connectivity index (χ0) is 41.8. The molecular weight excluding hydrogens is 778 g/mol. The lowest BCUT2D eigenvalue weighted by atomic mass is 9.86. The Labute approximate surface area is 344 Å². The van der Waals surface area contributed by atoms with Gasteiger partial charge in [0, 0.05) is 63.5 Å². The Bertz CT molecular complexity index is 2560. The van der Waals surface area contributed by atoms with Crippen LogP contribution in [-0.4, -0.2) is 85.9 Å². The number of likely N-dealkylation sites (tertiary alicyclic amines) is 1. The van der Waals surface area contributed by atoms with Gasteiger partial charge in [0.2, 0.25) is 17.6 Å². The number of rotatable bonds is 10. The molecule has 3 aliphatic heterocycles. The minimum atomic E-state index is -1.78. The zero-order valence-electron chi connectivity index (χ0n) is 33.5. The number of aromatic nitrogens is 4. The first-order valence-corrected chi connectivity index (χ1v) is 21.1. The molecule has 3 amide bonds. The SMILES string of the molecule is Cn1c(=O)n(C2CCC(=O)NC2=O)c2ccc(CCCN3C[C@@H]4CCN(c5ccc6cn(C7CCC(CNC(=O)c8cc(F)c(O)c(F)c8F)CC7)nc6c5)C[C@@H]4C3)cc21. The molecule has 4 fully saturated rings. The maximum Gasteiger partial charge on any atom is 0.329 e. The zero-order valence-corrected chi connectivity index (χ0v) is 33.5. The number of phenols is 1. The molecule has 2 aromatic heterocycles. The molecular formula is C44H49F3N8O5. The topological polar surface area (TPSA) is 147 Å². The van der Waals surface area contributed by atoms with E-state index in [9.17, 15) is 37.5 Å². The van der Waals surface area contributed by atoms with Gasteiger partial charge < -0.3 is 20.2 Å². The number of aromatic hydroxyl groups is 1. The normalized spacial score (nSPS) is 23.7. The van der Waals surface area contributed by atoms with Gasteiger partial charge in [0.1, 0.15) is 6.04 Å². The van der Waals surface area contributed by atoms with Gasteiger partial charge in [-0.2, -0.15) is 9.49 Å². The number of imidazole rings is 1. The highest BCUT2D eigenvalue weighted by Gasteiger charge is 2.37. The van der Waals surface area contributed by atoms with Gasteiger partial charge in [-0.1, -0.05) is 6.07 Å². The molecule has 3 atom stereocenters. The third-order valence-electron chi connectivity index (χ3n) is 13.5. The van der Waals surface area contributed by atoms with E-state index in [2.05, 4.69) is 55.6 Å². The van der Waals surface area contributed by atoms with Gasteiger partial charge in [-0.3, -0.25) is 33.5 Å². The molecule has 3 aromatic carbocycles. The van der Waals surface area contributed by atoms with Gasteiger partial charge >= 0.3 is 5.69 Å². The number of anilines is 1. The summed E-state index contributed by atoms with van der Waals surface area (Å²) in [7, 11) is 1.73. The van der Waals surface area contributed by atoms with Crippen molar-refractivity contribution in [2.24, 2.45) is 24.8 Å². The third kappa shape index (κ3) is 7.54. The van der Waals surface area contributed by atoms with Crippen LogP contribution in [0.25, 0.3) is 21.9 Å². The fourth-order valence-electron chi connectivity index (χ4n) is 10.1. The Morgan fingerprint density at radius 3 is 2.52 bits per heavy atom. The van der Waals surface area contributed by atoms with Crippen molar-refractivity contribution < 1.29 is 32.7 Å². The van der Waals surface area contributed by atoms with Gasteiger partial charge in [-0.15, -0.1) is 0 Å². The summed E-state index contributed by atoms with van der Waals surface area (Å²) in [5.74, 6) is -6.44. The second-order valence-corrected chi connectivity index (χ2v) is 17.2. The number of nitrogens with zero attached hydrogens (tertiary/aromatic N) is 6. The fraction of sp³-hybridized carbons (Fsp3) is 0.477. The van der Waals surface area contributed by atoms with Crippen molar-refractivity contribution in [1.29, 1.82) is 0 Å². The molecule has 9 rings (SSSR count). The number of carbonyl (C=O) groups excluding carboxylic acids is 3. The molecule has 4 aliphatic rings. The summed E-state index contributed by atoms with van der Waals surface area (Å²) in [4.78, 5) is 55.0. The number of halogens is 3. The van der Waals surface area contributed by atoms with Crippen molar-refractivity contribution in [3.05, 3.63) is 87.7 Å². The second kappa shape index (κ2) is 16.1. The first-order chi connectivity index (χ1) is 28.9. The van der Waals surface area contributed by atoms with Gasteiger partial charge in [-0.05, 0) is 118 Å². The number of phenolic OH excluding ortho intramolecular Hbond substituents is 1. The Hall–Kier alpha value is -5.64. The molecule has 3 N–H and O–H groups in total. The number of fused-ring (bicyclic) bond motifs is 3. The van der Waals surface area contributed by atoms with Crippen LogP contribution in [0.1, 0.15) is 79.4 Å². The predicted octanol–water partition coefficient (Wildman–Crippen LogP) is 5.34. The van der Waals surface area contributed by atoms with Crippen LogP contribution in [0.4, 0.5) is 18.9 Å². The highest BCUT2D eigenvalue weighted by atomic mass is 19.2. The first kappa shape index (κ1) is 39.8. The Balaban J connectivity index is 0.753. The standard InChI is InChI=1S/C44H49F3N8O5/c1-51-37-17-25(6-11-35(37)55(44(51)60)36-12-13-38(56)49-43(36)59)3-2-15-52-21-27-14-16-53(23-29(27)22-52)31-10-7-28-24-54(50-34(28)18-31)30-8-4-26(5-9-30)20-48-42(58)32-19-33(45)41(57)40(47)39(32)46/h6-7,10-11,17-19,24,26-27,29-30,36,57H,2-5,8-9,12-16,20-23H2,1H3,(H,48,58)(H,49,56,59)/t26?,27-,29-,30?,36?/m0/s1. The molecule has 13 nitrogen and oxygen atoms in total. The van der Waals surface area contributed by atoms with E-state index in [1.54, 1.807) is 11.6 Å². The Morgan fingerprint density at radius 2 is 1.72 bits per heavy atom. The van der Waals surface area contributed by atoms with E-state index in [0.717, 1.165) is 99.7 Å². The molecule has 316 valence electrons. The number of piperidine rings is 2. The molecule has 0 spiro atoms. The highest BCUT2D eigenvalue weighted by molar-refractivity contribution is 6.00. The van der Waals surface area contributed by atoms with E-state index >= 15 is 0 Å². The number of amides is 3. The van der Waals surface area contributed by atoms with E-state index < -0.39 is 46.6 Å². The number of carbonyl (C=O) groups is 3. The summed E-state index contributed by atoms with van der Waals surface area (Å²) >= 11 is 0. The monoisotopic (exact) mass is 826 g/mol. The smallest absolute Gasteiger partial charge is 0.329 e. The molecule has 0 radical (unpaired) electrons. The quantitative estimate of drug-likeness (QED) is 0.126. The minimum Gasteiger partial charge on any atom is -0.503 e. The lowest BCUT2D eigenvalue weighted by Gasteiger charge is -2.36. The van der Waals surface area contributed by atoms with Crippen molar-refractivity contribution >= 4 is 45.3 Å². The maximum absolute atomic E-state index is 14.2. The highest BCUT2D eigenvalue weighted by Crippen LogP contribution is 2.36. The third-order valence-corrected chi connectivity index (χ3v) is 13.5. The van der Waals surface area contributed by atoms with E-state index in [4.69, 9.17) is 5.10 Å². The molecule has 1 unspecified atom stereocenters. The molecule has 1 saturated carbocycles. The van der Waals surface area contributed by atoms with Gasteiger partial charge in [0.05, 0.1) is 28.2 Å². The largest absolute Gasteiger partial charge is 0.503 e. The maximum atomic E-state index is 14.2. The second-order valence-electron chi connectivity index (χ2n) is 17.2. The number of benzene rings is 3. The molecule has 5 aromatic rings. The summed E-state index contributed by atoms with van der Waals surface area (Å²) in [5.41, 5.74) is 3.76. The first-order valence-electron chi connectivity index (χ1n) is 21.1. The van der Waals surface area contributed by atoms with Gasteiger partial charge in [0.25, 0.3) is 5.91 Å². The summed E-state index contributed by atoms with van der Waals surface area (Å²) in [6.45, 7) is 5.44. The van der Waals surface area contributed by atoms with Crippen LogP contribution in [0.3, 0.4) is 0 Å². The summed E-state index contributed by atoms with van der Waals surface area (Å²) in [6.07, 6.45) is 8.96. The number of aryl methyl sites for hydroxylation is 2. The number of imide groups is 1. The van der Waals surface area contributed by atoms with E-state index in [-0.39, 0.29) is 36.5 Å². The molecule has 60 heavy (non-hydrogen) atoms. The average Bonchev–Trinajstić information content (AvgIpc) is 3.93. The van der Waals surface area contributed by atoms with E-state index in [1.165, 1.54) is 10.3 Å². The lowest BCUT2D eigenvalue weighted by molar-refractivity contribution is -0.135. The van der Waals surface area contributed by atoms with E-state index in [1.807, 2.05) is 12.1 Å². The van der Waals surface area contributed by atoms with Crippen LogP contribution in [0, 0.1) is 35.2 Å². The molecule has 5 heterocycles. The summed E-state index contributed by atoms with van der Waals surface area (Å²) < 4.78 is 46.8. The van der Waals surface area contributed by atoms with Gasteiger partial charge in [0.15, 0.2) is 17.4 Å². The van der Waals surface area contributed by atoms with Crippen molar-refractivity contribution in [3.63, 3.8) is 0 Å². The summed E-state index contributed by atoms with van der Waals surface area (Å²) in [5, 5.41) is 20.3. The minimum absolute atomic E-state index is 0.132. The predicted molar refractivity (Wildman–Crippen MR) is 218 cm³/mol. The van der Waals surface area contributed by atoms with Crippen molar-refractivity contribution in [2.45, 2.75) is 69.9 Å². The van der Waals surface area contributed by atoms with Crippen LogP contribution in [-0.2, 0) is 23.1 Å². The summed E-state index contributed by atoms with van der Waals surface area (Å²) in [6, 6.07) is 12.6. The van der Waals surface area contributed by atoms with Crippen LogP contribution in [0.2, 0.25) is 0 Å². The van der Waals surface area contributed by atoms with Gasteiger partial charge in [-0.25, -0.2) is 13.6 Å². The number of nitrogens with one attached hydrogen (secondary N) is 2. The van der Waals surface area contributed by atoms with E-state index in [0.29, 0.717) is 29.8 Å². The van der Waals surface area contributed by atoms with Crippen LogP contribution in [0.5, 0.6) is 5.75 Å². The molecule has 0 bridgehead atoms. The Kier molecular flexibility index (Phi) is 10.7.